The van der Waals surface area contributed by atoms with E-state index in [1.54, 1.807) is 0 Å². The van der Waals surface area contributed by atoms with Gasteiger partial charge in [-0.2, -0.15) is 4.98 Å². The third-order valence-corrected chi connectivity index (χ3v) is 3.57. The second-order valence-corrected chi connectivity index (χ2v) is 5.37. The minimum atomic E-state index is -1.09. The lowest BCUT2D eigenvalue weighted by Crippen LogP contribution is -2.10. The van der Waals surface area contributed by atoms with Crippen molar-refractivity contribution < 1.29 is 14.4 Å². The first kappa shape index (κ1) is 13.8. The average molecular weight is 307 g/mol. The fraction of sp³-hybridized carbons (Fsp3) is 0.417. The molecule has 0 bridgehead atoms. The third-order valence-electron chi connectivity index (χ3n) is 3.00. The highest BCUT2D eigenvalue weighted by atomic mass is 32.2. The summed E-state index contributed by atoms with van der Waals surface area (Å²) in [5.41, 5.74) is 0.0127. The van der Waals surface area contributed by atoms with E-state index in [0.29, 0.717) is 22.8 Å². The van der Waals surface area contributed by atoms with Gasteiger partial charge in [0.05, 0.1) is 6.54 Å². The summed E-state index contributed by atoms with van der Waals surface area (Å²) in [4.78, 5) is 23.5. The van der Waals surface area contributed by atoms with E-state index in [1.165, 1.54) is 18.0 Å². The van der Waals surface area contributed by atoms with Gasteiger partial charge in [-0.3, -0.25) is 0 Å². The SMILES string of the molecule is CSc1ncc(C(=O)O)c(NCc2noc(C3CC3)n2)n1. The fourth-order valence-corrected chi connectivity index (χ4v) is 2.09. The Kier molecular flexibility index (Phi) is 3.74. The largest absolute Gasteiger partial charge is 0.477 e. The number of carbonyl (C=O) groups is 1. The quantitative estimate of drug-likeness (QED) is 0.608. The molecule has 1 aliphatic carbocycles. The van der Waals surface area contributed by atoms with Crippen molar-refractivity contribution in [1.29, 1.82) is 0 Å². The number of hydrogen-bond acceptors (Lipinski definition) is 8. The van der Waals surface area contributed by atoms with Crippen molar-refractivity contribution in [2.24, 2.45) is 0 Å². The lowest BCUT2D eigenvalue weighted by Gasteiger charge is -2.07. The fourth-order valence-electron chi connectivity index (χ4n) is 1.75. The highest BCUT2D eigenvalue weighted by molar-refractivity contribution is 7.98. The van der Waals surface area contributed by atoms with Gasteiger partial charge in [-0.1, -0.05) is 16.9 Å². The molecule has 2 N–H and O–H groups in total. The van der Waals surface area contributed by atoms with Gasteiger partial charge in [-0.25, -0.2) is 14.8 Å². The molecule has 1 aliphatic rings. The summed E-state index contributed by atoms with van der Waals surface area (Å²) < 4.78 is 5.15. The van der Waals surface area contributed by atoms with Crippen molar-refractivity contribution in [1.82, 2.24) is 20.1 Å². The molecule has 0 aromatic carbocycles. The van der Waals surface area contributed by atoms with Gasteiger partial charge in [-0.05, 0) is 19.1 Å². The highest BCUT2D eigenvalue weighted by Crippen LogP contribution is 2.38. The first-order valence-corrected chi connectivity index (χ1v) is 7.60. The van der Waals surface area contributed by atoms with Gasteiger partial charge in [0.15, 0.2) is 11.0 Å². The Hall–Kier alpha value is -2.16. The van der Waals surface area contributed by atoms with Crippen LogP contribution in [0.2, 0.25) is 0 Å². The second-order valence-electron chi connectivity index (χ2n) is 4.60. The van der Waals surface area contributed by atoms with Crippen LogP contribution in [0.15, 0.2) is 15.9 Å². The van der Waals surface area contributed by atoms with Crippen LogP contribution in [0.4, 0.5) is 5.82 Å². The minimum Gasteiger partial charge on any atom is -0.477 e. The minimum absolute atomic E-state index is 0.0127. The number of nitrogens with zero attached hydrogens (tertiary/aromatic N) is 4. The summed E-state index contributed by atoms with van der Waals surface area (Å²) in [5.74, 6) is 0.690. The molecular formula is C12H13N5O3S. The van der Waals surface area contributed by atoms with Crippen molar-refractivity contribution in [2.75, 3.05) is 11.6 Å². The molecule has 8 nitrogen and oxygen atoms in total. The summed E-state index contributed by atoms with van der Waals surface area (Å²) in [6, 6.07) is 0. The van der Waals surface area contributed by atoms with Crippen molar-refractivity contribution in [2.45, 2.75) is 30.5 Å². The molecule has 0 aliphatic heterocycles. The first-order chi connectivity index (χ1) is 10.2. The highest BCUT2D eigenvalue weighted by Gasteiger charge is 2.29. The van der Waals surface area contributed by atoms with Crippen LogP contribution in [0.1, 0.15) is 40.8 Å². The van der Waals surface area contributed by atoms with Crippen LogP contribution in [0.3, 0.4) is 0 Å². The number of rotatable bonds is 6. The molecule has 0 atom stereocenters. The molecule has 3 rings (SSSR count). The summed E-state index contributed by atoms with van der Waals surface area (Å²) in [5, 5.41) is 16.4. The molecule has 2 aromatic rings. The molecule has 21 heavy (non-hydrogen) atoms. The molecular weight excluding hydrogens is 294 g/mol. The van der Waals surface area contributed by atoms with Crippen LogP contribution >= 0.6 is 11.8 Å². The van der Waals surface area contributed by atoms with Gasteiger partial charge in [0.2, 0.25) is 5.89 Å². The number of aromatic nitrogens is 4. The number of carboxylic acid groups (broad SMARTS) is 1. The van der Waals surface area contributed by atoms with Crippen LogP contribution in [0, 0.1) is 0 Å². The molecule has 1 saturated carbocycles. The number of hydrogen-bond donors (Lipinski definition) is 2. The van der Waals surface area contributed by atoms with E-state index < -0.39 is 5.97 Å². The van der Waals surface area contributed by atoms with Crippen LogP contribution in [-0.4, -0.2) is 37.4 Å². The van der Waals surface area contributed by atoms with E-state index in [0.717, 1.165) is 12.8 Å². The molecule has 0 unspecified atom stereocenters. The predicted octanol–water partition coefficient (Wildman–Crippen LogP) is 1.77. The van der Waals surface area contributed by atoms with Crippen LogP contribution in [-0.2, 0) is 6.54 Å². The van der Waals surface area contributed by atoms with Crippen molar-refractivity contribution in [3.63, 3.8) is 0 Å². The second kappa shape index (κ2) is 5.68. The Bertz CT molecular complexity index is 671. The molecule has 2 aromatic heterocycles. The maximum Gasteiger partial charge on any atom is 0.341 e. The smallest absolute Gasteiger partial charge is 0.341 e. The molecule has 9 heteroatoms. The predicted molar refractivity (Wildman–Crippen MR) is 74.4 cm³/mol. The van der Waals surface area contributed by atoms with Crippen LogP contribution in [0.5, 0.6) is 0 Å². The van der Waals surface area contributed by atoms with E-state index in [1.807, 2.05) is 6.26 Å². The molecule has 0 spiro atoms. The van der Waals surface area contributed by atoms with E-state index in [4.69, 9.17) is 9.63 Å². The zero-order valence-electron chi connectivity index (χ0n) is 11.2. The molecule has 110 valence electrons. The standard InChI is InChI=1S/C12H13N5O3S/c1-21-12-14-4-7(11(18)19)9(16-12)13-5-8-15-10(20-17-8)6-2-3-6/h4,6H,2-3,5H2,1H3,(H,18,19)(H,13,14,16). The first-order valence-electron chi connectivity index (χ1n) is 6.38. The molecule has 0 amide bonds. The number of aromatic carboxylic acids is 1. The Morgan fingerprint density at radius 3 is 3.00 bits per heavy atom. The zero-order valence-corrected chi connectivity index (χ0v) is 12.1. The number of carboxylic acids is 1. The maximum atomic E-state index is 11.2. The number of thioether (sulfide) groups is 1. The summed E-state index contributed by atoms with van der Waals surface area (Å²) in [6.45, 7) is 0.251. The zero-order chi connectivity index (χ0) is 14.8. The summed E-state index contributed by atoms with van der Waals surface area (Å²) in [6.07, 6.45) is 5.28. The van der Waals surface area contributed by atoms with Gasteiger partial charge in [-0.15, -0.1) is 0 Å². The van der Waals surface area contributed by atoms with E-state index in [9.17, 15) is 4.79 Å². The summed E-state index contributed by atoms with van der Waals surface area (Å²) >= 11 is 1.34. The van der Waals surface area contributed by atoms with E-state index in [-0.39, 0.29) is 17.9 Å². The lowest BCUT2D eigenvalue weighted by molar-refractivity contribution is 0.0697. The Morgan fingerprint density at radius 2 is 2.33 bits per heavy atom. The van der Waals surface area contributed by atoms with Crippen LogP contribution < -0.4 is 5.32 Å². The average Bonchev–Trinajstić information content (AvgIpc) is 3.23. The van der Waals surface area contributed by atoms with E-state index >= 15 is 0 Å². The maximum absolute atomic E-state index is 11.2. The van der Waals surface area contributed by atoms with Gasteiger partial charge < -0.3 is 14.9 Å². The molecule has 1 fully saturated rings. The van der Waals surface area contributed by atoms with E-state index in [2.05, 4.69) is 25.4 Å². The molecule has 2 heterocycles. The monoisotopic (exact) mass is 307 g/mol. The Balaban J connectivity index is 1.74. The Morgan fingerprint density at radius 1 is 1.52 bits per heavy atom. The lowest BCUT2D eigenvalue weighted by atomic mass is 10.3. The Labute approximate surface area is 124 Å². The molecule has 0 saturated heterocycles. The van der Waals surface area contributed by atoms with Gasteiger partial charge in [0.1, 0.15) is 11.4 Å². The number of nitrogens with one attached hydrogen (secondary N) is 1. The molecule has 0 radical (unpaired) electrons. The topological polar surface area (TPSA) is 114 Å². The van der Waals surface area contributed by atoms with Crippen LogP contribution in [0.25, 0.3) is 0 Å². The van der Waals surface area contributed by atoms with Crippen molar-refractivity contribution in [3.8, 4) is 0 Å². The third kappa shape index (κ3) is 3.13. The number of anilines is 1. The summed E-state index contributed by atoms with van der Waals surface area (Å²) in [7, 11) is 0. The van der Waals surface area contributed by atoms with Crippen molar-refractivity contribution in [3.05, 3.63) is 23.5 Å². The van der Waals surface area contributed by atoms with Crippen molar-refractivity contribution >= 4 is 23.5 Å². The normalized spacial score (nSPS) is 14.1. The van der Waals surface area contributed by atoms with Gasteiger partial charge in [0, 0.05) is 12.1 Å². The van der Waals surface area contributed by atoms with Gasteiger partial charge >= 0.3 is 5.97 Å². The van der Waals surface area contributed by atoms with Gasteiger partial charge in [0.25, 0.3) is 0 Å².